The third-order valence-electron chi connectivity index (χ3n) is 5.37. The molecule has 1 saturated heterocycles. The van der Waals surface area contributed by atoms with Crippen LogP contribution in [0.2, 0.25) is 0 Å². The van der Waals surface area contributed by atoms with Crippen LogP contribution >= 0.6 is 0 Å². The van der Waals surface area contributed by atoms with Gasteiger partial charge in [0.1, 0.15) is 12.1 Å². The summed E-state index contributed by atoms with van der Waals surface area (Å²) >= 11 is 0. The monoisotopic (exact) mass is 446 g/mol. The largest absolute Gasteiger partial charge is 0.341 e. The van der Waals surface area contributed by atoms with E-state index in [1.54, 1.807) is 0 Å². The van der Waals surface area contributed by atoms with Gasteiger partial charge in [0.25, 0.3) is 23.6 Å². The predicted octanol–water partition coefficient (Wildman–Crippen LogP) is -1.83. The molecule has 12 heteroatoms. The lowest BCUT2D eigenvalue weighted by atomic mass is 9.95. The maximum Gasteiger partial charge on any atom is 0.268 e. The first-order chi connectivity index (χ1) is 15.3. The van der Waals surface area contributed by atoms with E-state index in [0.29, 0.717) is 25.7 Å². The molecule has 3 aliphatic heterocycles. The zero-order chi connectivity index (χ0) is 23.4. The summed E-state index contributed by atoms with van der Waals surface area (Å²) in [7, 11) is 0. The quantitative estimate of drug-likeness (QED) is 0.285. The van der Waals surface area contributed by atoms with Crippen molar-refractivity contribution >= 4 is 35.4 Å². The Labute approximate surface area is 184 Å². The fraction of sp³-hybridized carbons (Fsp3) is 0.500. The molecule has 32 heavy (non-hydrogen) atoms. The minimum atomic E-state index is -1.03. The topological polar surface area (TPSA) is 157 Å². The average Bonchev–Trinajstić information content (AvgIpc) is 3.24. The van der Waals surface area contributed by atoms with Crippen LogP contribution in [-0.4, -0.2) is 69.6 Å². The van der Waals surface area contributed by atoms with Crippen LogP contribution in [0.3, 0.4) is 0 Å². The van der Waals surface area contributed by atoms with E-state index in [-0.39, 0.29) is 0 Å². The Morgan fingerprint density at radius 1 is 0.688 bits per heavy atom. The summed E-state index contributed by atoms with van der Waals surface area (Å²) < 4.78 is 0. The summed E-state index contributed by atoms with van der Waals surface area (Å²) in [5.74, 6) is -3.25. The molecule has 0 aromatic carbocycles. The Morgan fingerprint density at radius 2 is 1.00 bits per heavy atom. The molecule has 0 spiro atoms. The van der Waals surface area contributed by atoms with Gasteiger partial charge in [0, 0.05) is 24.3 Å². The highest BCUT2D eigenvalue weighted by Gasteiger charge is 2.43. The van der Waals surface area contributed by atoms with Crippen LogP contribution in [0.15, 0.2) is 24.3 Å². The summed E-state index contributed by atoms with van der Waals surface area (Å²) in [4.78, 5) is 73.4. The number of nitrogens with one attached hydrogen (secondary N) is 4. The Bertz CT molecular complexity index is 791. The number of hydrogen-bond acceptors (Lipinski definition) is 8. The van der Waals surface area contributed by atoms with E-state index in [1.807, 2.05) is 13.8 Å². The van der Waals surface area contributed by atoms with Crippen LogP contribution in [-0.2, 0) is 28.8 Å². The first-order valence-electron chi connectivity index (χ1n) is 10.5. The average molecular weight is 446 g/mol. The van der Waals surface area contributed by atoms with Crippen LogP contribution in [0.1, 0.15) is 39.5 Å². The second-order valence-corrected chi connectivity index (χ2v) is 7.71. The van der Waals surface area contributed by atoms with E-state index >= 15 is 0 Å². The SMILES string of the molecule is CCCC(NN1C(=O)C=CC1=O)C1NC(=O)C(C(CCC)NN2C(=O)C=CC2=O)NC1=O. The zero-order valence-electron chi connectivity index (χ0n) is 17.8. The highest BCUT2D eigenvalue weighted by molar-refractivity contribution is 6.13. The molecule has 4 atom stereocenters. The maximum absolute atomic E-state index is 12.9. The number of hydrogen-bond donors (Lipinski definition) is 4. The second-order valence-electron chi connectivity index (χ2n) is 7.71. The fourth-order valence-electron chi connectivity index (χ4n) is 3.80. The third kappa shape index (κ3) is 4.75. The van der Waals surface area contributed by atoms with E-state index in [0.717, 1.165) is 34.3 Å². The third-order valence-corrected chi connectivity index (χ3v) is 5.37. The Hall–Kier alpha value is -3.38. The molecule has 6 amide bonds. The van der Waals surface area contributed by atoms with Gasteiger partial charge in [0.2, 0.25) is 11.8 Å². The molecule has 12 nitrogen and oxygen atoms in total. The van der Waals surface area contributed by atoms with Gasteiger partial charge in [-0.15, -0.1) is 0 Å². The molecule has 172 valence electrons. The van der Waals surface area contributed by atoms with Gasteiger partial charge in [-0.25, -0.2) is 20.9 Å². The van der Waals surface area contributed by atoms with Crippen LogP contribution in [0.4, 0.5) is 0 Å². The smallest absolute Gasteiger partial charge is 0.268 e. The molecule has 4 N–H and O–H groups in total. The van der Waals surface area contributed by atoms with Crippen molar-refractivity contribution in [3.05, 3.63) is 24.3 Å². The molecule has 0 bridgehead atoms. The molecule has 0 aromatic rings. The lowest BCUT2D eigenvalue weighted by molar-refractivity contribution is -0.146. The Balaban J connectivity index is 1.71. The highest BCUT2D eigenvalue weighted by atomic mass is 16.2. The summed E-state index contributed by atoms with van der Waals surface area (Å²) in [6, 6.07) is -3.47. The van der Waals surface area contributed by atoms with Gasteiger partial charge < -0.3 is 10.6 Å². The molecule has 4 unspecified atom stereocenters. The second kappa shape index (κ2) is 9.83. The van der Waals surface area contributed by atoms with Crippen LogP contribution < -0.4 is 21.5 Å². The summed E-state index contributed by atoms with van der Waals surface area (Å²) in [5.41, 5.74) is 5.50. The number of piperazine rings is 1. The van der Waals surface area contributed by atoms with Crippen molar-refractivity contribution in [1.82, 2.24) is 31.5 Å². The Kier molecular flexibility index (Phi) is 7.15. The molecular weight excluding hydrogens is 420 g/mol. The van der Waals surface area contributed by atoms with Crippen molar-refractivity contribution in [1.29, 1.82) is 0 Å². The maximum atomic E-state index is 12.9. The van der Waals surface area contributed by atoms with Gasteiger partial charge in [-0.3, -0.25) is 28.8 Å². The molecule has 0 aliphatic carbocycles. The summed E-state index contributed by atoms with van der Waals surface area (Å²) in [5, 5.41) is 6.95. The van der Waals surface area contributed by atoms with Gasteiger partial charge in [0.05, 0.1) is 12.1 Å². The van der Waals surface area contributed by atoms with E-state index < -0.39 is 59.6 Å². The number of carbonyl (C=O) groups is 6. The van der Waals surface area contributed by atoms with Gasteiger partial charge >= 0.3 is 0 Å². The van der Waals surface area contributed by atoms with Crippen molar-refractivity contribution in [2.75, 3.05) is 0 Å². The summed E-state index contributed by atoms with van der Waals surface area (Å²) in [6.45, 7) is 3.73. The van der Waals surface area contributed by atoms with Gasteiger partial charge in [0.15, 0.2) is 0 Å². The predicted molar refractivity (Wildman–Crippen MR) is 110 cm³/mol. The number of nitrogens with zero attached hydrogens (tertiary/aromatic N) is 2. The molecule has 3 heterocycles. The normalized spacial score (nSPS) is 24.9. The molecule has 0 aromatic heterocycles. The molecule has 0 saturated carbocycles. The lowest BCUT2D eigenvalue weighted by Crippen LogP contribution is -2.72. The lowest BCUT2D eigenvalue weighted by Gasteiger charge is -2.39. The van der Waals surface area contributed by atoms with E-state index in [2.05, 4.69) is 21.5 Å². The zero-order valence-corrected chi connectivity index (χ0v) is 17.8. The van der Waals surface area contributed by atoms with Crippen molar-refractivity contribution < 1.29 is 28.8 Å². The van der Waals surface area contributed by atoms with Crippen LogP contribution in [0.5, 0.6) is 0 Å². The number of imide groups is 2. The van der Waals surface area contributed by atoms with Crippen LogP contribution in [0, 0.1) is 0 Å². The first-order valence-corrected chi connectivity index (χ1v) is 10.5. The molecule has 3 rings (SSSR count). The molecule has 1 fully saturated rings. The number of amides is 6. The Morgan fingerprint density at radius 3 is 1.28 bits per heavy atom. The molecular formula is C20H26N6O6. The van der Waals surface area contributed by atoms with Crippen molar-refractivity contribution in [3.63, 3.8) is 0 Å². The van der Waals surface area contributed by atoms with Crippen LogP contribution in [0.25, 0.3) is 0 Å². The number of carbonyl (C=O) groups excluding carboxylic acids is 6. The highest BCUT2D eigenvalue weighted by Crippen LogP contribution is 2.15. The van der Waals surface area contributed by atoms with Gasteiger partial charge in [-0.05, 0) is 12.8 Å². The van der Waals surface area contributed by atoms with Crippen molar-refractivity contribution in [2.24, 2.45) is 0 Å². The van der Waals surface area contributed by atoms with E-state index in [1.165, 1.54) is 0 Å². The standard InChI is InChI=1S/C20H26N6O6/c1-3-5-11(23-25-13(27)7-8-14(25)28)17-19(31)22-18(20(32)21-17)12(6-4-2)24-26-15(29)9-10-16(26)30/h7-12,17-18,23-24H,3-6H2,1-2H3,(H,21,32)(H,22,31). The van der Waals surface area contributed by atoms with Gasteiger partial charge in [-0.2, -0.15) is 0 Å². The summed E-state index contributed by atoms with van der Waals surface area (Å²) in [6.07, 6.45) is 6.51. The number of rotatable bonds is 10. The number of hydrazine groups is 2. The van der Waals surface area contributed by atoms with Gasteiger partial charge in [-0.1, -0.05) is 26.7 Å². The van der Waals surface area contributed by atoms with Crippen molar-refractivity contribution in [2.45, 2.75) is 63.7 Å². The minimum absolute atomic E-state index is 0.402. The fourth-order valence-corrected chi connectivity index (χ4v) is 3.80. The van der Waals surface area contributed by atoms with Crippen molar-refractivity contribution in [3.8, 4) is 0 Å². The first kappa shape index (κ1) is 23.3. The van der Waals surface area contributed by atoms with E-state index in [9.17, 15) is 28.8 Å². The minimum Gasteiger partial charge on any atom is -0.341 e. The van der Waals surface area contributed by atoms with E-state index in [4.69, 9.17) is 0 Å². The molecule has 3 aliphatic rings. The molecule has 0 radical (unpaired) electrons.